The number of hydrogen-bond acceptors (Lipinski definition) is 2. The van der Waals surface area contributed by atoms with Crippen molar-refractivity contribution in [2.24, 2.45) is 0 Å². The summed E-state index contributed by atoms with van der Waals surface area (Å²) in [5, 5.41) is 0. The van der Waals surface area contributed by atoms with E-state index >= 15 is 0 Å². The molecule has 0 N–H and O–H groups in total. The summed E-state index contributed by atoms with van der Waals surface area (Å²) in [5.41, 5.74) is -1.21. The van der Waals surface area contributed by atoms with Crippen LogP contribution in [-0.4, -0.2) is 13.1 Å². The summed E-state index contributed by atoms with van der Waals surface area (Å²) in [6.45, 7) is 1.08. The van der Waals surface area contributed by atoms with E-state index in [1.54, 1.807) is 0 Å². The van der Waals surface area contributed by atoms with Gasteiger partial charge in [0.1, 0.15) is 11.4 Å². The quantitative estimate of drug-likeness (QED) is 0.517. The number of halogens is 3. The van der Waals surface area contributed by atoms with Gasteiger partial charge in [-0.05, 0) is 13.0 Å². The lowest BCUT2D eigenvalue weighted by atomic mass is 10.1. The molecule has 0 aromatic heterocycles. The van der Waals surface area contributed by atoms with Gasteiger partial charge in [-0.3, -0.25) is 0 Å². The monoisotopic (exact) mass is 204 g/mol. The van der Waals surface area contributed by atoms with E-state index in [1.165, 1.54) is 0 Å². The molecule has 0 aliphatic heterocycles. The minimum atomic E-state index is -1.39. The molecule has 0 aliphatic carbocycles. The molecule has 1 aromatic carbocycles. The zero-order valence-electron chi connectivity index (χ0n) is 7.53. The van der Waals surface area contributed by atoms with E-state index in [1.807, 2.05) is 0 Å². The third-order valence-corrected chi connectivity index (χ3v) is 1.79. The van der Waals surface area contributed by atoms with E-state index in [0.717, 1.165) is 14.0 Å². The van der Waals surface area contributed by atoms with Gasteiger partial charge in [-0.2, -0.15) is 0 Å². The summed E-state index contributed by atoms with van der Waals surface area (Å²) in [6, 6.07) is 0.611. The van der Waals surface area contributed by atoms with Crippen LogP contribution in [0.3, 0.4) is 0 Å². The highest BCUT2D eigenvalue weighted by Crippen LogP contribution is 2.19. The second kappa shape index (κ2) is 3.69. The Morgan fingerprint density at radius 3 is 2.36 bits per heavy atom. The topological polar surface area (TPSA) is 26.3 Å². The molecule has 0 radical (unpaired) electrons. The Hall–Kier alpha value is -1.52. The van der Waals surface area contributed by atoms with Gasteiger partial charge in [0, 0.05) is 5.56 Å². The molecule has 0 saturated heterocycles. The van der Waals surface area contributed by atoms with E-state index in [0.29, 0.717) is 6.07 Å². The first kappa shape index (κ1) is 10.6. The Morgan fingerprint density at radius 2 is 1.86 bits per heavy atom. The molecule has 1 rings (SSSR count). The molecule has 1 aromatic rings. The Morgan fingerprint density at radius 1 is 1.29 bits per heavy atom. The van der Waals surface area contributed by atoms with Crippen LogP contribution in [-0.2, 0) is 4.74 Å². The smallest absolute Gasteiger partial charge is 0.341 e. The lowest BCUT2D eigenvalue weighted by Gasteiger charge is -2.05. The van der Waals surface area contributed by atoms with Crippen molar-refractivity contribution in [1.82, 2.24) is 0 Å². The molecule has 0 amide bonds. The van der Waals surface area contributed by atoms with Gasteiger partial charge in [-0.25, -0.2) is 18.0 Å². The SMILES string of the molecule is COC(=O)c1cc(F)c(C)c(F)c1F. The van der Waals surface area contributed by atoms with Crippen molar-refractivity contribution in [3.05, 3.63) is 34.6 Å². The Kier molecular flexibility index (Phi) is 2.78. The second-order valence-corrected chi connectivity index (χ2v) is 2.65. The summed E-state index contributed by atoms with van der Waals surface area (Å²) in [4.78, 5) is 10.9. The Balaban J connectivity index is 3.40. The van der Waals surface area contributed by atoms with Crippen molar-refractivity contribution in [3.63, 3.8) is 0 Å². The molecule has 0 spiro atoms. The maximum Gasteiger partial charge on any atom is 0.341 e. The van der Waals surface area contributed by atoms with Crippen LogP contribution in [0, 0.1) is 24.4 Å². The number of carbonyl (C=O) groups is 1. The number of methoxy groups -OCH3 is 1. The molecule has 0 atom stereocenters. The average molecular weight is 204 g/mol. The summed E-state index contributed by atoms with van der Waals surface area (Å²) >= 11 is 0. The van der Waals surface area contributed by atoms with Crippen molar-refractivity contribution < 1.29 is 22.7 Å². The standard InChI is InChI=1S/C9H7F3O2/c1-4-6(10)3-5(9(13)14-2)8(12)7(4)11/h3H,1-2H3. The van der Waals surface area contributed by atoms with E-state index in [4.69, 9.17) is 0 Å². The fraction of sp³-hybridized carbons (Fsp3) is 0.222. The molecule has 5 heteroatoms. The van der Waals surface area contributed by atoms with E-state index in [2.05, 4.69) is 4.74 Å². The fourth-order valence-electron chi connectivity index (χ4n) is 0.945. The molecule has 0 unspecified atom stereocenters. The van der Waals surface area contributed by atoms with Gasteiger partial charge in [0.2, 0.25) is 0 Å². The molecule has 0 fully saturated rings. The van der Waals surface area contributed by atoms with Crippen LogP contribution in [0.4, 0.5) is 13.2 Å². The third kappa shape index (κ3) is 1.57. The number of ether oxygens (including phenoxy) is 1. The predicted molar refractivity (Wildman–Crippen MR) is 42.4 cm³/mol. The van der Waals surface area contributed by atoms with Crippen LogP contribution in [0.2, 0.25) is 0 Å². The predicted octanol–water partition coefficient (Wildman–Crippen LogP) is 2.20. The highest BCUT2D eigenvalue weighted by molar-refractivity contribution is 5.89. The number of carbonyl (C=O) groups excluding carboxylic acids is 1. The molecule has 76 valence electrons. The number of rotatable bonds is 1. The van der Waals surface area contributed by atoms with Crippen LogP contribution in [0.15, 0.2) is 6.07 Å². The zero-order chi connectivity index (χ0) is 10.9. The first-order chi connectivity index (χ1) is 6.49. The van der Waals surface area contributed by atoms with Gasteiger partial charge >= 0.3 is 5.97 Å². The maximum absolute atomic E-state index is 13.0. The van der Waals surface area contributed by atoms with E-state index < -0.39 is 34.5 Å². The van der Waals surface area contributed by atoms with Gasteiger partial charge in [-0.1, -0.05) is 0 Å². The fourth-order valence-corrected chi connectivity index (χ4v) is 0.945. The third-order valence-electron chi connectivity index (χ3n) is 1.79. The summed E-state index contributed by atoms with van der Waals surface area (Å²) in [7, 11) is 0.997. The van der Waals surface area contributed by atoms with Crippen molar-refractivity contribution in [3.8, 4) is 0 Å². The van der Waals surface area contributed by atoms with Crippen molar-refractivity contribution in [2.45, 2.75) is 6.92 Å². The molecular formula is C9H7F3O2. The summed E-state index contributed by atoms with van der Waals surface area (Å²) in [6.07, 6.45) is 0. The van der Waals surface area contributed by atoms with Crippen LogP contribution in [0.1, 0.15) is 15.9 Å². The minimum absolute atomic E-state index is 0.463. The maximum atomic E-state index is 13.0. The molecule has 0 heterocycles. The first-order valence-electron chi connectivity index (χ1n) is 3.71. The van der Waals surface area contributed by atoms with Gasteiger partial charge in [0.25, 0.3) is 0 Å². The van der Waals surface area contributed by atoms with Crippen LogP contribution in [0.5, 0.6) is 0 Å². The highest BCUT2D eigenvalue weighted by Gasteiger charge is 2.20. The molecule has 0 bridgehead atoms. The molecule has 0 saturated carbocycles. The Labute approximate surface area is 78.3 Å². The Bertz CT molecular complexity index is 388. The zero-order valence-corrected chi connectivity index (χ0v) is 7.53. The van der Waals surface area contributed by atoms with Crippen LogP contribution < -0.4 is 0 Å². The van der Waals surface area contributed by atoms with E-state index in [-0.39, 0.29) is 0 Å². The van der Waals surface area contributed by atoms with Crippen molar-refractivity contribution in [1.29, 1.82) is 0 Å². The van der Waals surface area contributed by atoms with Crippen LogP contribution in [0.25, 0.3) is 0 Å². The summed E-state index contributed by atoms with van der Waals surface area (Å²) < 4.78 is 43.0. The molecule has 2 nitrogen and oxygen atoms in total. The number of hydrogen-bond donors (Lipinski definition) is 0. The van der Waals surface area contributed by atoms with Crippen LogP contribution >= 0.6 is 0 Å². The largest absolute Gasteiger partial charge is 0.465 e. The highest BCUT2D eigenvalue weighted by atomic mass is 19.2. The first-order valence-corrected chi connectivity index (χ1v) is 3.71. The number of benzene rings is 1. The normalized spacial score (nSPS) is 10.1. The second-order valence-electron chi connectivity index (χ2n) is 2.65. The average Bonchev–Trinajstić information content (AvgIpc) is 2.19. The lowest BCUT2D eigenvalue weighted by Crippen LogP contribution is -2.08. The molecular weight excluding hydrogens is 197 g/mol. The minimum Gasteiger partial charge on any atom is -0.465 e. The molecule has 0 aliphatic rings. The van der Waals surface area contributed by atoms with Gasteiger partial charge < -0.3 is 4.74 Å². The lowest BCUT2D eigenvalue weighted by molar-refractivity contribution is 0.0593. The van der Waals surface area contributed by atoms with Crippen molar-refractivity contribution in [2.75, 3.05) is 7.11 Å². The van der Waals surface area contributed by atoms with Crippen molar-refractivity contribution >= 4 is 5.97 Å². The summed E-state index contributed by atoms with van der Waals surface area (Å²) in [5.74, 6) is -4.86. The number of esters is 1. The van der Waals surface area contributed by atoms with E-state index in [9.17, 15) is 18.0 Å². The van der Waals surface area contributed by atoms with Gasteiger partial charge in [0.15, 0.2) is 11.6 Å². The van der Waals surface area contributed by atoms with Gasteiger partial charge in [-0.15, -0.1) is 0 Å². The molecule has 14 heavy (non-hydrogen) atoms. The van der Waals surface area contributed by atoms with Gasteiger partial charge in [0.05, 0.1) is 7.11 Å².